The van der Waals surface area contributed by atoms with Crippen LogP contribution >= 0.6 is 11.8 Å². The molecular weight excluding hydrogens is 284 g/mol. The first kappa shape index (κ1) is 14.4. The van der Waals surface area contributed by atoms with Crippen molar-refractivity contribution in [3.05, 3.63) is 29.8 Å². The van der Waals surface area contributed by atoms with Gasteiger partial charge in [-0.2, -0.15) is 0 Å². The van der Waals surface area contributed by atoms with E-state index in [-0.39, 0.29) is 10.7 Å². The largest absolute Gasteiger partial charge is 0.411 e. The number of para-hydroxylation sites is 1. The molecule has 1 amide bonds. The number of rotatable bonds is 1. The number of hydrogen-bond donors (Lipinski definition) is 1. The normalized spacial score (nSPS) is 27.5. The number of amides is 1. The average Bonchev–Trinajstić information content (AvgIpc) is 2.87. The summed E-state index contributed by atoms with van der Waals surface area (Å²) >= 11 is 1.76. The molecule has 0 saturated carbocycles. The lowest BCUT2D eigenvalue weighted by molar-refractivity contribution is -0.120. The molecule has 0 bridgehead atoms. The second kappa shape index (κ2) is 5.72. The van der Waals surface area contributed by atoms with Gasteiger partial charge >= 0.3 is 0 Å². The maximum atomic E-state index is 13.0. The quantitative estimate of drug-likeness (QED) is 0.640. The number of anilines is 1. The van der Waals surface area contributed by atoms with Gasteiger partial charge in [0.2, 0.25) is 5.91 Å². The van der Waals surface area contributed by atoms with E-state index in [4.69, 9.17) is 0 Å². The molecule has 0 aromatic heterocycles. The van der Waals surface area contributed by atoms with Gasteiger partial charge in [0.25, 0.3) is 0 Å². The highest BCUT2D eigenvalue weighted by molar-refractivity contribution is 8.01. The zero-order chi connectivity index (χ0) is 14.9. The monoisotopic (exact) mass is 304 g/mol. The van der Waals surface area contributed by atoms with Crippen LogP contribution in [0.15, 0.2) is 29.4 Å². The fourth-order valence-electron chi connectivity index (χ4n) is 3.16. The van der Waals surface area contributed by atoms with Crippen LogP contribution in [0.2, 0.25) is 0 Å². The molecule has 1 saturated heterocycles. The molecule has 0 spiro atoms. The van der Waals surface area contributed by atoms with E-state index in [9.17, 15) is 10.0 Å². The summed E-state index contributed by atoms with van der Waals surface area (Å²) in [6.45, 7) is 2.74. The Morgan fingerprint density at radius 2 is 2.19 bits per heavy atom. The summed E-state index contributed by atoms with van der Waals surface area (Å²) in [5, 5.41) is 12.7. The number of thioether (sulfide) groups is 1. The number of benzene rings is 1. The van der Waals surface area contributed by atoms with Gasteiger partial charge in [-0.25, -0.2) is 0 Å². The lowest BCUT2D eigenvalue weighted by Crippen LogP contribution is -2.44. The van der Waals surface area contributed by atoms with Crippen molar-refractivity contribution < 1.29 is 10.0 Å². The van der Waals surface area contributed by atoms with Crippen LogP contribution in [0.1, 0.15) is 38.2 Å². The van der Waals surface area contributed by atoms with E-state index in [1.165, 1.54) is 0 Å². The summed E-state index contributed by atoms with van der Waals surface area (Å²) in [6, 6.07) is 7.74. The predicted molar refractivity (Wildman–Crippen MR) is 86.4 cm³/mol. The Balaban J connectivity index is 2.01. The van der Waals surface area contributed by atoms with Crippen molar-refractivity contribution in [2.45, 2.75) is 37.4 Å². The van der Waals surface area contributed by atoms with Crippen LogP contribution in [0, 0.1) is 0 Å². The third-order valence-corrected chi connectivity index (χ3v) is 5.85. The molecule has 21 heavy (non-hydrogen) atoms. The van der Waals surface area contributed by atoms with Crippen molar-refractivity contribution in [1.29, 1.82) is 0 Å². The zero-order valence-electron chi connectivity index (χ0n) is 12.2. The van der Waals surface area contributed by atoms with Gasteiger partial charge in [-0.1, -0.05) is 23.4 Å². The van der Waals surface area contributed by atoms with Crippen LogP contribution in [0.3, 0.4) is 0 Å². The van der Waals surface area contributed by atoms with E-state index in [0.717, 1.165) is 36.3 Å². The topological polar surface area (TPSA) is 52.9 Å². The molecular formula is C16H20N2O2S. The van der Waals surface area contributed by atoms with E-state index in [1.54, 1.807) is 11.8 Å². The van der Waals surface area contributed by atoms with Crippen molar-refractivity contribution in [3.8, 4) is 0 Å². The molecule has 5 heteroatoms. The SMILES string of the molecule is CC1(C(=O)N2CCC/C(=N/O)c3ccccc32)CCCS1. The lowest BCUT2D eigenvalue weighted by atomic mass is 10.0. The Bertz CT molecular complexity index is 579. The summed E-state index contributed by atoms with van der Waals surface area (Å²) in [7, 11) is 0. The van der Waals surface area contributed by atoms with Crippen LogP contribution in [-0.2, 0) is 4.79 Å². The third kappa shape index (κ3) is 2.55. The zero-order valence-corrected chi connectivity index (χ0v) is 13.0. The van der Waals surface area contributed by atoms with Crippen molar-refractivity contribution in [2.75, 3.05) is 17.2 Å². The first-order chi connectivity index (χ1) is 10.2. The summed E-state index contributed by atoms with van der Waals surface area (Å²) in [5.41, 5.74) is 2.42. The van der Waals surface area contributed by atoms with E-state index >= 15 is 0 Å². The van der Waals surface area contributed by atoms with Gasteiger partial charge in [0, 0.05) is 12.1 Å². The van der Waals surface area contributed by atoms with Gasteiger partial charge in [0.1, 0.15) is 0 Å². The lowest BCUT2D eigenvalue weighted by Gasteiger charge is -2.31. The number of carbonyl (C=O) groups is 1. The molecule has 112 valence electrons. The predicted octanol–water partition coefficient (Wildman–Crippen LogP) is 3.28. The van der Waals surface area contributed by atoms with Gasteiger partial charge in [0.15, 0.2) is 0 Å². The molecule has 1 unspecified atom stereocenters. The molecule has 4 nitrogen and oxygen atoms in total. The highest BCUT2D eigenvalue weighted by Gasteiger charge is 2.41. The van der Waals surface area contributed by atoms with Gasteiger partial charge in [-0.3, -0.25) is 4.79 Å². The molecule has 1 fully saturated rings. The summed E-state index contributed by atoms with van der Waals surface area (Å²) < 4.78 is -0.312. The molecule has 0 aliphatic carbocycles. The molecule has 2 aliphatic rings. The third-order valence-electron chi connectivity index (χ3n) is 4.34. The van der Waals surface area contributed by atoms with Crippen LogP contribution in [0.4, 0.5) is 5.69 Å². The number of hydrogen-bond acceptors (Lipinski definition) is 4. The maximum absolute atomic E-state index is 13.0. The van der Waals surface area contributed by atoms with E-state index < -0.39 is 0 Å². The first-order valence-corrected chi connectivity index (χ1v) is 8.40. The summed E-state index contributed by atoms with van der Waals surface area (Å²) in [4.78, 5) is 14.9. The minimum atomic E-state index is -0.312. The Morgan fingerprint density at radius 1 is 1.38 bits per heavy atom. The molecule has 1 atom stereocenters. The number of nitrogens with zero attached hydrogens (tertiary/aromatic N) is 2. The van der Waals surface area contributed by atoms with Gasteiger partial charge in [-0.05, 0) is 44.4 Å². The van der Waals surface area contributed by atoms with E-state index in [0.29, 0.717) is 18.7 Å². The molecule has 0 radical (unpaired) electrons. The van der Waals surface area contributed by atoms with Crippen LogP contribution in [-0.4, -0.2) is 33.9 Å². The highest BCUT2D eigenvalue weighted by Crippen LogP contribution is 2.41. The number of fused-ring (bicyclic) bond motifs is 1. The Morgan fingerprint density at radius 3 is 2.90 bits per heavy atom. The number of carbonyl (C=O) groups excluding carboxylic acids is 1. The Hall–Kier alpha value is -1.49. The summed E-state index contributed by atoms with van der Waals surface area (Å²) in [5.74, 6) is 1.25. The second-order valence-electron chi connectivity index (χ2n) is 5.81. The second-order valence-corrected chi connectivity index (χ2v) is 7.41. The molecule has 1 aromatic rings. The fourth-order valence-corrected chi connectivity index (χ4v) is 4.42. The molecule has 1 N–H and O–H groups in total. The Labute approximate surface area is 129 Å². The molecule has 1 aromatic carbocycles. The van der Waals surface area contributed by atoms with Crippen molar-refractivity contribution in [2.24, 2.45) is 5.16 Å². The minimum Gasteiger partial charge on any atom is -0.411 e. The highest BCUT2D eigenvalue weighted by atomic mass is 32.2. The standard InChI is InChI=1S/C16H20N2O2S/c1-16(9-5-11-21-16)15(19)18-10-4-7-13(17-20)12-6-2-3-8-14(12)18/h2-3,6,8,20H,4-5,7,9-11H2,1H3/b17-13-. The van der Waals surface area contributed by atoms with Gasteiger partial charge < -0.3 is 10.1 Å². The molecule has 3 rings (SSSR count). The maximum Gasteiger partial charge on any atom is 0.242 e. The van der Waals surface area contributed by atoms with E-state index in [2.05, 4.69) is 12.1 Å². The van der Waals surface area contributed by atoms with Crippen molar-refractivity contribution in [1.82, 2.24) is 0 Å². The molecule has 2 heterocycles. The van der Waals surface area contributed by atoms with Crippen LogP contribution < -0.4 is 4.90 Å². The van der Waals surface area contributed by atoms with Crippen LogP contribution in [0.25, 0.3) is 0 Å². The first-order valence-electron chi connectivity index (χ1n) is 7.42. The number of oxime groups is 1. The van der Waals surface area contributed by atoms with Crippen LogP contribution in [0.5, 0.6) is 0 Å². The fraction of sp³-hybridized carbons (Fsp3) is 0.500. The minimum absolute atomic E-state index is 0.191. The van der Waals surface area contributed by atoms with Crippen molar-refractivity contribution in [3.63, 3.8) is 0 Å². The van der Waals surface area contributed by atoms with Crippen molar-refractivity contribution >= 4 is 29.1 Å². The van der Waals surface area contributed by atoms with E-state index in [1.807, 2.05) is 29.2 Å². The average molecular weight is 304 g/mol. The summed E-state index contributed by atoms with van der Waals surface area (Å²) in [6.07, 6.45) is 3.56. The van der Waals surface area contributed by atoms with Gasteiger partial charge in [-0.15, -0.1) is 11.8 Å². The van der Waals surface area contributed by atoms with Gasteiger partial charge in [0.05, 0.1) is 16.1 Å². The Kier molecular flexibility index (Phi) is 3.93. The molecule has 2 aliphatic heterocycles. The smallest absolute Gasteiger partial charge is 0.242 e.